The van der Waals surface area contributed by atoms with Crippen molar-refractivity contribution >= 4 is 108 Å². The second-order valence-corrected chi connectivity index (χ2v) is 1.54. The zero-order chi connectivity index (χ0) is 4.50. The topological polar surface area (TPSA) is 109 Å². The molecule has 0 saturated carbocycles. The molecule has 0 aliphatic carbocycles. The molecule has 0 aliphatic heterocycles. The minimum Gasteiger partial charge on any atom is -1.00 e. The molecule has 0 aromatic heterocycles. The van der Waals surface area contributed by atoms with E-state index in [0.29, 0.717) is 0 Å². The summed E-state index contributed by atoms with van der Waals surface area (Å²) in [6, 6.07) is 0. The SMILES string of the molecule is O.O=P(O)(O)O.[AlH3].[Ca+2].[H-].[H-].[H-].[H-].[H-].[H-].[Li+].[Na+].[Sr+2]. The fourth-order valence-electron chi connectivity index (χ4n) is 0. The average molecular weight is 310 g/mol. The Morgan fingerprint density at radius 2 is 1.18 bits per heavy atom. The van der Waals surface area contributed by atoms with Crippen molar-refractivity contribution in [2.24, 2.45) is 0 Å². The third kappa shape index (κ3) is 103. The first-order valence-electron chi connectivity index (χ1n) is 0.783. The van der Waals surface area contributed by atoms with Gasteiger partial charge in [-0.1, -0.05) is 0 Å². The van der Waals surface area contributed by atoms with Crippen LogP contribution in [0.1, 0.15) is 8.56 Å². The molecule has 0 unspecified atom stereocenters. The summed E-state index contributed by atoms with van der Waals surface area (Å²) < 4.78 is 8.88. The van der Waals surface area contributed by atoms with Crippen molar-refractivity contribution < 1.29 is 81.7 Å². The van der Waals surface area contributed by atoms with Gasteiger partial charge in [0.2, 0.25) is 0 Å². The van der Waals surface area contributed by atoms with E-state index >= 15 is 0 Å². The van der Waals surface area contributed by atoms with Crippen molar-refractivity contribution in [3.8, 4) is 0 Å². The van der Waals surface area contributed by atoms with Crippen LogP contribution in [-0.4, -0.2) is 121 Å². The van der Waals surface area contributed by atoms with Crippen molar-refractivity contribution in [3.05, 3.63) is 0 Å². The van der Waals surface area contributed by atoms with E-state index in [4.69, 9.17) is 19.2 Å². The van der Waals surface area contributed by atoms with Crippen LogP contribution in [0.2, 0.25) is 0 Å². The quantitative estimate of drug-likeness (QED) is 0.305. The van der Waals surface area contributed by atoms with E-state index in [-0.39, 0.29) is 163 Å². The zero-order valence-corrected chi connectivity index (χ0v) is 14.7. The van der Waals surface area contributed by atoms with Crippen molar-refractivity contribution in [2.45, 2.75) is 0 Å². The first-order chi connectivity index (χ1) is 2.00. The van der Waals surface area contributed by atoms with E-state index in [1.807, 2.05) is 0 Å². The minimum absolute atomic E-state index is 0. The predicted octanol–water partition coefficient (Wildman–Crippen LogP) is -9.02. The van der Waals surface area contributed by atoms with Crippen LogP contribution in [0.5, 0.6) is 0 Å². The summed E-state index contributed by atoms with van der Waals surface area (Å²) in [7, 11) is -4.64. The van der Waals surface area contributed by atoms with Crippen LogP contribution < -0.4 is 48.4 Å². The van der Waals surface area contributed by atoms with E-state index in [9.17, 15) is 0 Å². The normalized spacial score (nSPS) is 5.36. The van der Waals surface area contributed by atoms with Gasteiger partial charge in [-0.3, -0.25) is 0 Å². The van der Waals surface area contributed by atoms with Gasteiger partial charge < -0.3 is 28.7 Å². The van der Waals surface area contributed by atoms with Gasteiger partial charge >= 0.3 is 139 Å². The van der Waals surface area contributed by atoms with E-state index in [1.165, 1.54) is 0 Å². The summed E-state index contributed by atoms with van der Waals surface area (Å²) in [5.74, 6) is 0. The summed E-state index contributed by atoms with van der Waals surface area (Å²) in [4.78, 5) is 21.6. The van der Waals surface area contributed by atoms with Gasteiger partial charge in [-0.05, 0) is 0 Å². The van der Waals surface area contributed by atoms with Crippen LogP contribution in [0.4, 0.5) is 0 Å². The molecule has 5 nitrogen and oxygen atoms in total. The van der Waals surface area contributed by atoms with Gasteiger partial charge in [0, 0.05) is 0 Å². The van der Waals surface area contributed by atoms with Crippen molar-refractivity contribution in [2.75, 3.05) is 0 Å². The summed E-state index contributed by atoms with van der Waals surface area (Å²) in [5.41, 5.74) is 0. The molecule has 0 bridgehead atoms. The van der Waals surface area contributed by atoms with Gasteiger partial charge in [0.1, 0.15) is 0 Å². The molecule has 0 heterocycles. The van der Waals surface area contributed by atoms with E-state index in [2.05, 4.69) is 0 Å². The summed E-state index contributed by atoms with van der Waals surface area (Å²) in [5, 5.41) is 0. The van der Waals surface area contributed by atoms with Crippen LogP contribution in [0, 0.1) is 0 Å². The van der Waals surface area contributed by atoms with Gasteiger partial charge in [-0.15, -0.1) is 0 Å². The first-order valence-corrected chi connectivity index (χ1v) is 2.35. The molecule has 0 radical (unpaired) electrons. The molecule has 0 saturated heterocycles. The Morgan fingerprint density at radius 3 is 1.18 bits per heavy atom. The van der Waals surface area contributed by atoms with Crippen LogP contribution in [0.3, 0.4) is 0 Å². The Balaban J connectivity index is -0.00000000121. The number of rotatable bonds is 0. The van der Waals surface area contributed by atoms with Gasteiger partial charge in [0.15, 0.2) is 17.4 Å². The van der Waals surface area contributed by atoms with Crippen LogP contribution in [-0.2, 0) is 4.57 Å². The summed E-state index contributed by atoms with van der Waals surface area (Å²) >= 11 is 0. The predicted molar refractivity (Wildman–Crippen MR) is 46.0 cm³/mol. The molecule has 5 N–H and O–H groups in total. The monoisotopic (exact) mass is 310 g/mol. The smallest absolute Gasteiger partial charge is 1.00 e. The Bertz CT molecular complexity index is 88.5. The maximum Gasteiger partial charge on any atom is 2.00 e. The van der Waals surface area contributed by atoms with Gasteiger partial charge in [0.05, 0.1) is 0 Å². The molecule has 0 rings (SSSR count). The van der Waals surface area contributed by atoms with Crippen molar-refractivity contribution in [3.63, 3.8) is 0 Å². The Hall–Kier alpha value is 4.94. The molecule has 0 atom stereocenters. The Labute approximate surface area is 186 Å². The molecule has 0 spiro atoms. The van der Waals surface area contributed by atoms with E-state index in [1.54, 1.807) is 0 Å². The molecule has 11 heavy (non-hydrogen) atoms. The van der Waals surface area contributed by atoms with Crippen molar-refractivity contribution in [1.29, 1.82) is 0 Å². The van der Waals surface area contributed by atoms with Crippen LogP contribution >= 0.6 is 7.82 Å². The second kappa shape index (κ2) is 24.3. The zero-order valence-electron chi connectivity index (χ0n) is 12.1. The molecule has 0 aromatic carbocycles. The summed E-state index contributed by atoms with van der Waals surface area (Å²) in [6.45, 7) is 0. The Morgan fingerprint density at radius 1 is 1.18 bits per heavy atom. The molecule has 0 fully saturated rings. The largest absolute Gasteiger partial charge is 2.00 e. The fraction of sp³-hybridized carbons (Fsp3) is 0. The molecule has 0 amide bonds. The van der Waals surface area contributed by atoms with E-state index < -0.39 is 7.82 Å². The minimum atomic E-state index is -4.64. The van der Waals surface area contributed by atoms with Crippen LogP contribution in [0.25, 0.3) is 0 Å². The number of hydrogen-bond acceptors (Lipinski definition) is 1. The molecule has 11 heteroatoms. The molecule has 58 valence electrons. The molecule has 0 aliphatic rings. The second-order valence-electron chi connectivity index (χ2n) is 0.513. The number of phosphoric acid groups is 1. The van der Waals surface area contributed by atoms with Gasteiger partial charge in [-0.2, -0.15) is 0 Å². The molecular weight excluding hydrogens is 296 g/mol. The summed E-state index contributed by atoms with van der Waals surface area (Å²) in [6.07, 6.45) is 0. The maximum atomic E-state index is 8.88. The Kier molecular flexibility index (Phi) is 98.2. The maximum absolute atomic E-state index is 8.88. The molecular formula is H14AlCaLiNaO5PSr. The standard InChI is InChI=1S/Al.Ca.Li.Na.H3O4P.H2O.Sr.9H/c;;;;1-5(2,3)4;;;;;;;;;;;/h;;;;(H3,1,2,3,4);1H2;;;;;;;;;;/q;+2;2*+1;;;+2;;;;6*-1. The number of hydrogen-bond donors (Lipinski definition) is 3. The van der Waals surface area contributed by atoms with E-state index in [0.717, 1.165) is 0 Å². The average Bonchev–Trinajstić information content (AvgIpc) is 0.722. The van der Waals surface area contributed by atoms with Gasteiger partial charge in [0.25, 0.3) is 0 Å². The fourth-order valence-corrected chi connectivity index (χ4v) is 0. The van der Waals surface area contributed by atoms with Gasteiger partial charge in [-0.25, -0.2) is 4.57 Å². The third-order valence-corrected chi connectivity index (χ3v) is 0. The first kappa shape index (κ1) is 44.5. The van der Waals surface area contributed by atoms with Crippen molar-refractivity contribution in [1.82, 2.24) is 0 Å². The molecule has 0 aromatic rings. The third-order valence-electron chi connectivity index (χ3n) is 0. The van der Waals surface area contributed by atoms with Crippen LogP contribution in [0.15, 0.2) is 0 Å².